The second-order valence-electron chi connectivity index (χ2n) is 7.61. The maximum Gasteiger partial charge on any atom is 0.250 e. The molecule has 0 radical (unpaired) electrons. The van der Waals surface area contributed by atoms with E-state index in [1.807, 2.05) is 12.3 Å². The molecular formula is C21H24N2O4S2. The van der Waals surface area contributed by atoms with Gasteiger partial charge in [0.05, 0.1) is 22.6 Å². The Hall–Kier alpha value is -2.16. The number of hydrogen-bond acceptors (Lipinski definition) is 5. The normalized spacial score (nSPS) is 17.0. The number of amides is 1. The van der Waals surface area contributed by atoms with E-state index in [9.17, 15) is 13.2 Å². The average Bonchev–Trinajstić information content (AvgIpc) is 3.32. The van der Waals surface area contributed by atoms with E-state index in [0.717, 1.165) is 34.9 Å². The third-order valence-corrected chi connectivity index (χ3v) is 8.36. The number of aliphatic hydroxyl groups excluding tert-OH is 1. The van der Waals surface area contributed by atoms with Crippen LogP contribution in [0.1, 0.15) is 46.0 Å². The zero-order valence-corrected chi connectivity index (χ0v) is 17.6. The molecule has 1 aliphatic rings. The molecule has 4 N–H and O–H groups in total. The maximum absolute atomic E-state index is 12.1. The van der Waals surface area contributed by atoms with Crippen LogP contribution in [0.3, 0.4) is 0 Å². The highest BCUT2D eigenvalue weighted by atomic mass is 32.2. The molecule has 8 heteroatoms. The van der Waals surface area contributed by atoms with Crippen molar-refractivity contribution in [3.8, 4) is 11.1 Å². The number of sulfone groups is 1. The van der Waals surface area contributed by atoms with Crippen molar-refractivity contribution < 1.29 is 18.3 Å². The van der Waals surface area contributed by atoms with Gasteiger partial charge in [0.15, 0.2) is 0 Å². The number of aromatic amines is 1. The highest BCUT2D eigenvalue weighted by Gasteiger charge is 2.27. The number of aliphatic hydroxyl groups is 1. The first-order valence-electron chi connectivity index (χ1n) is 9.72. The highest BCUT2D eigenvalue weighted by Crippen LogP contribution is 2.38. The van der Waals surface area contributed by atoms with Crippen LogP contribution in [0.15, 0.2) is 29.8 Å². The van der Waals surface area contributed by atoms with Crippen molar-refractivity contribution in [3.63, 3.8) is 0 Å². The lowest BCUT2D eigenvalue weighted by Gasteiger charge is -2.21. The zero-order valence-electron chi connectivity index (χ0n) is 16.0. The van der Waals surface area contributed by atoms with E-state index < -0.39 is 15.7 Å². The smallest absolute Gasteiger partial charge is 0.250 e. The first kappa shape index (κ1) is 20.1. The number of nitrogens with one attached hydrogen (secondary N) is 1. The summed E-state index contributed by atoms with van der Waals surface area (Å²) in [5.74, 6) is 0.0507. The molecule has 1 fully saturated rings. The third kappa shape index (κ3) is 4.10. The molecule has 0 saturated carbocycles. The first-order valence-corrected chi connectivity index (χ1v) is 12.4. The number of aryl methyl sites for hydroxylation is 1. The molecule has 1 aromatic carbocycles. The van der Waals surface area contributed by atoms with Gasteiger partial charge in [0.25, 0.3) is 5.91 Å². The van der Waals surface area contributed by atoms with Gasteiger partial charge in [-0.25, -0.2) is 8.42 Å². The summed E-state index contributed by atoms with van der Waals surface area (Å²) >= 11 is 1.64. The van der Waals surface area contributed by atoms with Gasteiger partial charge in [-0.3, -0.25) is 4.79 Å². The van der Waals surface area contributed by atoms with Crippen LogP contribution < -0.4 is 5.73 Å². The first-order chi connectivity index (χ1) is 13.9. The minimum absolute atomic E-state index is 0.144. The SMILES string of the molecule is NC(=O)c1cc(-c2csc(CCCO)c2)cc2c(C3CCS(=O)(=O)CC3)c[nH]c12. The molecular weight excluding hydrogens is 408 g/mol. The van der Waals surface area contributed by atoms with E-state index in [1.165, 1.54) is 4.88 Å². The van der Waals surface area contributed by atoms with Gasteiger partial charge in [0, 0.05) is 23.1 Å². The Morgan fingerprint density at radius 1 is 1.21 bits per heavy atom. The molecule has 6 nitrogen and oxygen atoms in total. The van der Waals surface area contributed by atoms with Crippen molar-refractivity contribution in [2.45, 2.75) is 31.6 Å². The molecule has 0 aliphatic carbocycles. The highest BCUT2D eigenvalue weighted by molar-refractivity contribution is 7.91. The van der Waals surface area contributed by atoms with Crippen LogP contribution in [0.5, 0.6) is 0 Å². The lowest BCUT2D eigenvalue weighted by atomic mass is 9.91. The number of fused-ring (bicyclic) bond motifs is 1. The molecule has 0 atom stereocenters. The molecule has 1 saturated heterocycles. The summed E-state index contributed by atoms with van der Waals surface area (Å²) < 4.78 is 23.6. The van der Waals surface area contributed by atoms with E-state index in [-0.39, 0.29) is 24.0 Å². The maximum atomic E-state index is 12.1. The number of primary amides is 1. The van der Waals surface area contributed by atoms with Crippen LogP contribution in [0.25, 0.3) is 22.0 Å². The van der Waals surface area contributed by atoms with Crippen molar-refractivity contribution in [1.82, 2.24) is 4.98 Å². The Kier molecular flexibility index (Phi) is 5.50. The fourth-order valence-electron chi connectivity index (χ4n) is 4.07. The van der Waals surface area contributed by atoms with Crippen LogP contribution in [0, 0.1) is 0 Å². The summed E-state index contributed by atoms with van der Waals surface area (Å²) in [5.41, 5.74) is 9.80. The lowest BCUT2D eigenvalue weighted by molar-refractivity contribution is 0.100. The van der Waals surface area contributed by atoms with Crippen molar-refractivity contribution in [3.05, 3.63) is 45.8 Å². The average molecular weight is 433 g/mol. The number of nitrogens with two attached hydrogens (primary N) is 1. The number of benzene rings is 1. The van der Waals surface area contributed by atoms with Crippen LogP contribution in [-0.2, 0) is 16.3 Å². The van der Waals surface area contributed by atoms with Crippen molar-refractivity contribution >= 4 is 38.0 Å². The van der Waals surface area contributed by atoms with E-state index in [0.29, 0.717) is 23.9 Å². The Morgan fingerprint density at radius 3 is 2.66 bits per heavy atom. The third-order valence-electron chi connectivity index (χ3n) is 5.65. The van der Waals surface area contributed by atoms with Crippen LogP contribution >= 0.6 is 11.3 Å². The van der Waals surface area contributed by atoms with Gasteiger partial charge in [-0.2, -0.15) is 0 Å². The van der Waals surface area contributed by atoms with Gasteiger partial charge in [-0.05, 0) is 71.9 Å². The number of aromatic nitrogens is 1. The second kappa shape index (κ2) is 7.93. The van der Waals surface area contributed by atoms with Crippen LogP contribution in [0.2, 0.25) is 0 Å². The van der Waals surface area contributed by atoms with Gasteiger partial charge in [0.1, 0.15) is 9.84 Å². The van der Waals surface area contributed by atoms with E-state index >= 15 is 0 Å². The van der Waals surface area contributed by atoms with E-state index in [4.69, 9.17) is 10.8 Å². The zero-order chi connectivity index (χ0) is 20.6. The summed E-state index contributed by atoms with van der Waals surface area (Å²) in [4.78, 5) is 16.5. The second-order valence-corrected chi connectivity index (χ2v) is 10.9. The predicted molar refractivity (Wildman–Crippen MR) is 116 cm³/mol. The van der Waals surface area contributed by atoms with Crippen LogP contribution in [0.4, 0.5) is 0 Å². The Balaban J connectivity index is 1.76. The molecule has 2 aromatic heterocycles. The van der Waals surface area contributed by atoms with E-state index in [1.54, 1.807) is 11.3 Å². The summed E-state index contributed by atoms with van der Waals surface area (Å²) in [6, 6.07) is 5.97. The number of carbonyl (C=O) groups excluding carboxylic acids is 1. The molecule has 4 rings (SSSR count). The number of hydrogen-bond donors (Lipinski definition) is 3. The largest absolute Gasteiger partial charge is 0.396 e. The van der Waals surface area contributed by atoms with Crippen LogP contribution in [-0.4, -0.2) is 42.5 Å². The standard InChI is InChI=1S/C21H24N2O4S2/c22-21(25)18-10-14(15-8-16(28-12-15)2-1-5-24)9-17-19(11-23-20(17)18)13-3-6-29(26,27)7-4-13/h8-13,23-24H,1-7H2,(H2,22,25). The quantitative estimate of drug-likeness (QED) is 0.555. The summed E-state index contributed by atoms with van der Waals surface area (Å²) in [5, 5.41) is 12.0. The molecule has 154 valence electrons. The predicted octanol–water partition coefficient (Wildman–Crippen LogP) is 3.21. The molecule has 0 bridgehead atoms. The summed E-state index contributed by atoms with van der Waals surface area (Å²) in [7, 11) is -2.94. The van der Waals surface area contributed by atoms with Gasteiger partial charge < -0.3 is 15.8 Å². The van der Waals surface area contributed by atoms with Gasteiger partial charge in [-0.15, -0.1) is 11.3 Å². The Bertz CT molecular complexity index is 1150. The number of H-pyrrole nitrogens is 1. The van der Waals surface area contributed by atoms with Crippen molar-refractivity contribution in [1.29, 1.82) is 0 Å². The number of carbonyl (C=O) groups is 1. The molecule has 29 heavy (non-hydrogen) atoms. The molecule has 1 aliphatic heterocycles. The van der Waals surface area contributed by atoms with Crippen molar-refractivity contribution in [2.24, 2.45) is 5.73 Å². The fraction of sp³-hybridized carbons (Fsp3) is 0.381. The van der Waals surface area contributed by atoms with E-state index in [2.05, 4.69) is 22.5 Å². The molecule has 0 unspecified atom stereocenters. The monoisotopic (exact) mass is 432 g/mol. The van der Waals surface area contributed by atoms with Gasteiger partial charge >= 0.3 is 0 Å². The summed E-state index contributed by atoms with van der Waals surface area (Å²) in [6.07, 6.45) is 4.62. The Morgan fingerprint density at radius 2 is 1.97 bits per heavy atom. The fourth-order valence-corrected chi connectivity index (χ4v) is 6.50. The number of rotatable bonds is 6. The number of thiophene rings is 1. The van der Waals surface area contributed by atoms with Gasteiger partial charge in [-0.1, -0.05) is 0 Å². The Labute approximate surface area is 173 Å². The lowest BCUT2D eigenvalue weighted by Crippen LogP contribution is -2.22. The molecule has 3 heterocycles. The minimum atomic E-state index is -2.94. The van der Waals surface area contributed by atoms with Gasteiger partial charge in [0.2, 0.25) is 0 Å². The molecule has 3 aromatic rings. The molecule has 0 spiro atoms. The van der Waals surface area contributed by atoms with Crippen molar-refractivity contribution in [2.75, 3.05) is 18.1 Å². The topological polar surface area (TPSA) is 113 Å². The minimum Gasteiger partial charge on any atom is -0.396 e. The summed E-state index contributed by atoms with van der Waals surface area (Å²) in [6.45, 7) is 0.162. The molecule has 1 amide bonds.